The summed E-state index contributed by atoms with van der Waals surface area (Å²) in [5, 5.41) is 3.07. The Morgan fingerprint density at radius 2 is 2.16 bits per heavy atom. The normalized spacial score (nSPS) is 16.7. The fourth-order valence-corrected chi connectivity index (χ4v) is 2.59. The molecule has 1 unspecified atom stereocenters. The summed E-state index contributed by atoms with van der Waals surface area (Å²) in [6.45, 7) is 2.10. The molecule has 2 rings (SSSR count). The first kappa shape index (κ1) is 15.8. The number of nitrogens with two attached hydrogens (primary N) is 1. The van der Waals surface area contributed by atoms with Gasteiger partial charge in [0, 0.05) is 11.7 Å². The zero-order valence-electron chi connectivity index (χ0n) is 11.3. The van der Waals surface area contributed by atoms with Gasteiger partial charge in [-0.3, -0.25) is 9.78 Å². The van der Waals surface area contributed by atoms with Crippen molar-refractivity contribution < 1.29 is 4.79 Å². The Morgan fingerprint density at radius 1 is 1.47 bits per heavy atom. The third-order valence-corrected chi connectivity index (χ3v) is 3.68. The maximum Gasteiger partial charge on any atom is 0.226 e. The minimum absolute atomic E-state index is 0. The van der Waals surface area contributed by atoms with E-state index in [1.54, 1.807) is 18.3 Å². The number of nitrogens with one attached hydrogen (secondary N) is 1. The van der Waals surface area contributed by atoms with Crippen LogP contribution in [0.3, 0.4) is 0 Å². The predicted octanol–water partition coefficient (Wildman–Crippen LogP) is 2.32. The van der Waals surface area contributed by atoms with Crippen LogP contribution in [-0.2, 0) is 11.2 Å². The monoisotopic (exact) mass is 283 g/mol. The van der Waals surface area contributed by atoms with Gasteiger partial charge < -0.3 is 11.1 Å². The molecule has 5 heteroatoms. The first-order chi connectivity index (χ1) is 8.65. The average Bonchev–Trinajstić information content (AvgIpc) is 2.85. The smallest absolute Gasteiger partial charge is 0.226 e. The molecular weight excluding hydrogens is 262 g/mol. The number of hydrogen-bond acceptors (Lipinski definition) is 3. The molecule has 0 aliphatic heterocycles. The van der Waals surface area contributed by atoms with E-state index in [0.29, 0.717) is 18.0 Å². The van der Waals surface area contributed by atoms with Crippen LogP contribution >= 0.6 is 12.4 Å². The molecule has 19 heavy (non-hydrogen) atoms. The second-order valence-corrected chi connectivity index (χ2v) is 5.16. The number of pyridine rings is 1. The van der Waals surface area contributed by atoms with Crippen LogP contribution in [-0.4, -0.2) is 16.9 Å². The van der Waals surface area contributed by atoms with Gasteiger partial charge in [0.15, 0.2) is 0 Å². The quantitative estimate of drug-likeness (QED) is 0.891. The maximum absolute atomic E-state index is 11.9. The van der Waals surface area contributed by atoms with Crippen molar-refractivity contribution in [2.24, 2.45) is 5.92 Å². The SMILES string of the molecule is CC(NC(=O)Cc1ccc(N)cn1)C1CCCC1.Cl. The van der Waals surface area contributed by atoms with E-state index in [1.807, 2.05) is 0 Å². The van der Waals surface area contributed by atoms with E-state index in [9.17, 15) is 4.79 Å². The average molecular weight is 284 g/mol. The molecule has 1 saturated carbocycles. The Kier molecular flexibility index (Phi) is 6.09. The van der Waals surface area contributed by atoms with Gasteiger partial charge in [0.25, 0.3) is 0 Å². The van der Waals surface area contributed by atoms with Gasteiger partial charge in [-0.05, 0) is 37.8 Å². The molecule has 1 amide bonds. The van der Waals surface area contributed by atoms with Crippen LogP contribution in [0.5, 0.6) is 0 Å². The zero-order chi connectivity index (χ0) is 13.0. The third kappa shape index (κ3) is 4.71. The van der Waals surface area contributed by atoms with Crippen molar-refractivity contribution in [3.63, 3.8) is 0 Å². The van der Waals surface area contributed by atoms with Gasteiger partial charge in [-0.2, -0.15) is 0 Å². The van der Waals surface area contributed by atoms with Crippen molar-refractivity contribution in [3.8, 4) is 0 Å². The first-order valence-electron chi connectivity index (χ1n) is 6.65. The van der Waals surface area contributed by atoms with E-state index in [4.69, 9.17) is 5.73 Å². The van der Waals surface area contributed by atoms with Crippen LogP contribution < -0.4 is 11.1 Å². The molecule has 1 fully saturated rings. The molecule has 1 atom stereocenters. The molecule has 0 spiro atoms. The Balaban J connectivity index is 0.00000180. The van der Waals surface area contributed by atoms with Gasteiger partial charge in [0.1, 0.15) is 0 Å². The Hall–Kier alpha value is -1.29. The van der Waals surface area contributed by atoms with Crippen molar-refractivity contribution in [3.05, 3.63) is 24.0 Å². The molecule has 1 aromatic rings. The maximum atomic E-state index is 11.9. The Labute approximate surface area is 120 Å². The van der Waals surface area contributed by atoms with Crippen LogP contribution in [0.4, 0.5) is 5.69 Å². The summed E-state index contributed by atoms with van der Waals surface area (Å²) in [5.41, 5.74) is 6.95. The largest absolute Gasteiger partial charge is 0.397 e. The molecule has 1 heterocycles. The summed E-state index contributed by atoms with van der Waals surface area (Å²) < 4.78 is 0. The highest BCUT2D eigenvalue weighted by Gasteiger charge is 2.22. The highest BCUT2D eigenvalue weighted by Crippen LogP contribution is 2.27. The molecule has 1 aliphatic carbocycles. The molecular formula is C14H22ClN3O. The third-order valence-electron chi connectivity index (χ3n) is 3.68. The van der Waals surface area contributed by atoms with Crippen LogP contribution in [0.1, 0.15) is 38.3 Å². The van der Waals surface area contributed by atoms with Crippen molar-refractivity contribution in [2.75, 3.05) is 5.73 Å². The fourth-order valence-electron chi connectivity index (χ4n) is 2.59. The fraction of sp³-hybridized carbons (Fsp3) is 0.571. The molecule has 1 aromatic heterocycles. The van der Waals surface area contributed by atoms with Crippen LogP contribution in [0, 0.1) is 5.92 Å². The summed E-state index contributed by atoms with van der Waals surface area (Å²) in [5.74, 6) is 0.694. The summed E-state index contributed by atoms with van der Waals surface area (Å²) in [4.78, 5) is 16.0. The van der Waals surface area contributed by atoms with Crippen LogP contribution in [0.15, 0.2) is 18.3 Å². The van der Waals surface area contributed by atoms with E-state index in [2.05, 4.69) is 17.2 Å². The van der Waals surface area contributed by atoms with E-state index in [0.717, 1.165) is 5.69 Å². The number of anilines is 1. The highest BCUT2D eigenvalue weighted by molar-refractivity contribution is 5.85. The van der Waals surface area contributed by atoms with Crippen molar-refractivity contribution >= 4 is 24.0 Å². The van der Waals surface area contributed by atoms with Gasteiger partial charge in [0.05, 0.1) is 18.3 Å². The highest BCUT2D eigenvalue weighted by atomic mass is 35.5. The van der Waals surface area contributed by atoms with Gasteiger partial charge in [-0.25, -0.2) is 0 Å². The number of hydrogen-bond donors (Lipinski definition) is 2. The first-order valence-corrected chi connectivity index (χ1v) is 6.65. The van der Waals surface area contributed by atoms with Crippen molar-refractivity contribution in [1.29, 1.82) is 0 Å². The van der Waals surface area contributed by atoms with Gasteiger partial charge in [-0.1, -0.05) is 12.8 Å². The molecule has 106 valence electrons. The van der Waals surface area contributed by atoms with Crippen LogP contribution in [0.2, 0.25) is 0 Å². The second-order valence-electron chi connectivity index (χ2n) is 5.16. The summed E-state index contributed by atoms with van der Waals surface area (Å²) >= 11 is 0. The molecule has 0 radical (unpaired) electrons. The van der Waals surface area contributed by atoms with E-state index in [-0.39, 0.29) is 24.4 Å². The van der Waals surface area contributed by atoms with Crippen molar-refractivity contribution in [2.45, 2.75) is 45.1 Å². The number of halogens is 1. The molecule has 0 aromatic carbocycles. The van der Waals surface area contributed by atoms with Gasteiger partial charge >= 0.3 is 0 Å². The number of rotatable bonds is 4. The predicted molar refractivity (Wildman–Crippen MR) is 79.2 cm³/mol. The molecule has 1 aliphatic rings. The molecule has 3 N–H and O–H groups in total. The number of carbonyl (C=O) groups is 1. The minimum Gasteiger partial charge on any atom is -0.397 e. The molecule has 4 nitrogen and oxygen atoms in total. The van der Waals surface area contributed by atoms with Gasteiger partial charge in [-0.15, -0.1) is 12.4 Å². The number of amides is 1. The standard InChI is InChI=1S/C14H21N3O.ClH/c1-10(11-4-2-3-5-11)17-14(18)8-13-7-6-12(15)9-16-13;/h6-7,9-11H,2-5,8,15H2,1H3,(H,17,18);1H. The lowest BCUT2D eigenvalue weighted by Gasteiger charge is -2.20. The summed E-state index contributed by atoms with van der Waals surface area (Å²) in [6, 6.07) is 3.85. The minimum atomic E-state index is 0. The zero-order valence-corrected chi connectivity index (χ0v) is 12.1. The van der Waals surface area contributed by atoms with Crippen LogP contribution in [0.25, 0.3) is 0 Å². The molecule has 0 bridgehead atoms. The Bertz CT molecular complexity index is 402. The number of nitrogens with zero attached hydrogens (tertiary/aromatic N) is 1. The molecule has 0 saturated heterocycles. The number of aromatic nitrogens is 1. The van der Waals surface area contributed by atoms with Gasteiger partial charge in [0.2, 0.25) is 5.91 Å². The van der Waals surface area contributed by atoms with Crippen molar-refractivity contribution in [1.82, 2.24) is 10.3 Å². The lowest BCUT2D eigenvalue weighted by atomic mass is 10.00. The lowest BCUT2D eigenvalue weighted by Crippen LogP contribution is -2.38. The van der Waals surface area contributed by atoms with E-state index < -0.39 is 0 Å². The Morgan fingerprint density at radius 3 is 2.74 bits per heavy atom. The summed E-state index contributed by atoms with van der Waals surface area (Å²) in [6.07, 6.45) is 6.98. The lowest BCUT2D eigenvalue weighted by molar-refractivity contribution is -0.121. The number of nitrogen functional groups attached to an aromatic ring is 1. The summed E-state index contributed by atoms with van der Waals surface area (Å²) in [7, 11) is 0. The second kappa shape index (κ2) is 7.34. The number of carbonyl (C=O) groups excluding carboxylic acids is 1. The topological polar surface area (TPSA) is 68.0 Å². The van der Waals surface area contributed by atoms with E-state index >= 15 is 0 Å². The van der Waals surface area contributed by atoms with E-state index in [1.165, 1.54) is 25.7 Å².